The molecule has 1 rings (SSSR count). The Morgan fingerprint density at radius 3 is 1.92 bits per heavy atom. The summed E-state index contributed by atoms with van der Waals surface area (Å²) in [6, 6.07) is 8.30. The van der Waals surface area contributed by atoms with Gasteiger partial charge in [0.15, 0.2) is 0 Å². The Kier molecular flexibility index (Phi) is 16.3. The van der Waals surface area contributed by atoms with Crippen LogP contribution >= 0.6 is 12.4 Å². The van der Waals surface area contributed by atoms with Crippen LogP contribution in [0.5, 0.6) is 0 Å². The fourth-order valence-electron chi connectivity index (χ4n) is 0.581. The van der Waals surface area contributed by atoms with E-state index in [0.717, 1.165) is 0 Å². The topological polar surface area (TPSA) is 37.3 Å². The monoisotopic (exact) mass is 224 g/mol. The summed E-state index contributed by atoms with van der Waals surface area (Å²) in [5.74, 6) is -0.879. The molecule has 0 bridgehead atoms. The van der Waals surface area contributed by atoms with E-state index in [9.17, 15) is 4.79 Å². The molecule has 60 valence electrons. The molecule has 0 aliphatic heterocycles. The fraction of sp³-hybridized carbons (Fsp3) is 0. The molecule has 0 aliphatic rings. The van der Waals surface area contributed by atoms with Gasteiger partial charge in [-0.2, -0.15) is 0 Å². The number of hydrogen-bond donors (Lipinski definition) is 1. The zero-order valence-corrected chi connectivity index (χ0v) is 11.9. The van der Waals surface area contributed by atoms with Crippen molar-refractivity contribution in [2.24, 2.45) is 0 Å². The van der Waals surface area contributed by atoms with Gasteiger partial charge in [-0.15, -0.1) is 12.4 Å². The van der Waals surface area contributed by atoms with Crippen LogP contribution in [-0.4, -0.2) is 48.8 Å². The number of rotatable bonds is 1. The standard InChI is InChI=1S/C7H6O2.Ca.ClH.Na.3H/c8-7(9)6-4-2-1-3-5-6;;;;;;/h1-5H,(H,8,9);;1H;;;;/q;+2;;+1;3*-1. The summed E-state index contributed by atoms with van der Waals surface area (Å²) in [7, 11) is 0. The van der Waals surface area contributed by atoms with Crippen LogP contribution in [0.1, 0.15) is 14.6 Å². The van der Waals surface area contributed by atoms with Gasteiger partial charge in [0.25, 0.3) is 0 Å². The molecule has 12 heavy (non-hydrogen) atoms. The van der Waals surface area contributed by atoms with Crippen LogP contribution < -0.4 is 29.6 Å². The molecule has 0 fully saturated rings. The van der Waals surface area contributed by atoms with E-state index in [1.807, 2.05) is 0 Å². The van der Waals surface area contributed by atoms with Crippen molar-refractivity contribution in [1.82, 2.24) is 0 Å². The van der Waals surface area contributed by atoms with E-state index in [1.54, 1.807) is 30.3 Å². The van der Waals surface area contributed by atoms with Crippen molar-refractivity contribution in [1.29, 1.82) is 0 Å². The van der Waals surface area contributed by atoms with Gasteiger partial charge in [-0.1, -0.05) is 18.2 Å². The number of carboxylic acids is 1. The van der Waals surface area contributed by atoms with E-state index in [1.165, 1.54) is 0 Å². The van der Waals surface area contributed by atoms with E-state index in [4.69, 9.17) is 5.11 Å². The van der Waals surface area contributed by atoms with E-state index in [2.05, 4.69) is 0 Å². The molecule has 0 radical (unpaired) electrons. The molecular weight excluding hydrogens is 215 g/mol. The number of benzene rings is 1. The van der Waals surface area contributed by atoms with E-state index in [0.29, 0.717) is 5.56 Å². The first-order valence-electron chi connectivity index (χ1n) is 2.59. The van der Waals surface area contributed by atoms with E-state index in [-0.39, 0.29) is 84.0 Å². The molecule has 0 aromatic heterocycles. The number of halogens is 1. The SMILES string of the molecule is Cl.O=C(O)c1ccccc1.[Ca+2].[H-].[H-].[H-].[Na+]. The minimum atomic E-state index is -0.879. The Balaban J connectivity index is -0.0000000337. The van der Waals surface area contributed by atoms with E-state index >= 15 is 0 Å². The maximum Gasteiger partial charge on any atom is 2.00 e. The Hall–Kier alpha value is 1.24. The van der Waals surface area contributed by atoms with Gasteiger partial charge in [0.2, 0.25) is 0 Å². The number of hydrogen-bond acceptors (Lipinski definition) is 1. The first kappa shape index (κ1) is 18.9. The minimum absolute atomic E-state index is 0. The molecule has 0 saturated carbocycles. The van der Waals surface area contributed by atoms with Gasteiger partial charge < -0.3 is 9.39 Å². The summed E-state index contributed by atoms with van der Waals surface area (Å²) >= 11 is 0. The molecule has 0 spiro atoms. The molecule has 0 unspecified atom stereocenters. The maximum atomic E-state index is 10.2. The van der Waals surface area contributed by atoms with Crippen LogP contribution in [0.4, 0.5) is 0 Å². The van der Waals surface area contributed by atoms with Crippen molar-refractivity contribution in [3.8, 4) is 0 Å². The third kappa shape index (κ3) is 6.72. The number of carboxylic acid groups (broad SMARTS) is 1. The van der Waals surface area contributed by atoms with Crippen molar-refractivity contribution < 1.29 is 43.7 Å². The van der Waals surface area contributed by atoms with Crippen molar-refractivity contribution in [3.63, 3.8) is 0 Å². The molecule has 1 aromatic rings. The molecule has 1 aromatic carbocycles. The smallest absolute Gasteiger partial charge is 1.00 e. The van der Waals surface area contributed by atoms with E-state index < -0.39 is 5.97 Å². The summed E-state index contributed by atoms with van der Waals surface area (Å²) in [6.45, 7) is 0. The molecule has 1 N–H and O–H groups in total. The number of carbonyl (C=O) groups is 1. The molecule has 5 heteroatoms. The Bertz CT molecular complexity index is 229. The zero-order chi connectivity index (χ0) is 6.69. The summed E-state index contributed by atoms with van der Waals surface area (Å²) in [5, 5.41) is 8.38. The fourth-order valence-corrected chi connectivity index (χ4v) is 0.581. The normalized spacial score (nSPS) is 6.67. The van der Waals surface area contributed by atoms with Crippen molar-refractivity contribution in [2.75, 3.05) is 0 Å². The van der Waals surface area contributed by atoms with Gasteiger partial charge in [0.1, 0.15) is 0 Å². The summed E-state index contributed by atoms with van der Waals surface area (Å²) in [6.07, 6.45) is 0. The molecule has 0 aliphatic carbocycles. The summed E-state index contributed by atoms with van der Waals surface area (Å²) < 4.78 is 0. The first-order chi connectivity index (χ1) is 4.30. The average molecular weight is 225 g/mol. The number of aromatic carboxylic acids is 1. The van der Waals surface area contributed by atoms with Crippen molar-refractivity contribution >= 4 is 56.1 Å². The van der Waals surface area contributed by atoms with Crippen LogP contribution in [0.3, 0.4) is 0 Å². The maximum absolute atomic E-state index is 10.2. The second-order valence-electron chi connectivity index (χ2n) is 1.67. The van der Waals surface area contributed by atoms with Crippen molar-refractivity contribution in [3.05, 3.63) is 35.9 Å². The minimum Gasteiger partial charge on any atom is -1.00 e. The van der Waals surface area contributed by atoms with Gasteiger partial charge >= 0.3 is 73.3 Å². The van der Waals surface area contributed by atoms with Crippen LogP contribution in [0, 0.1) is 0 Å². The first-order valence-corrected chi connectivity index (χ1v) is 2.59. The van der Waals surface area contributed by atoms with Gasteiger partial charge in [-0.25, -0.2) is 4.79 Å². The third-order valence-corrected chi connectivity index (χ3v) is 1.02. The molecular formula is C7H10CaClNaO2. The average Bonchev–Trinajstić information content (AvgIpc) is 1.90. The third-order valence-electron chi connectivity index (χ3n) is 1.02. The van der Waals surface area contributed by atoms with Crippen LogP contribution in [0.25, 0.3) is 0 Å². The van der Waals surface area contributed by atoms with Crippen molar-refractivity contribution in [2.45, 2.75) is 0 Å². The summed E-state index contributed by atoms with van der Waals surface area (Å²) in [5.41, 5.74) is 0.331. The molecule has 0 atom stereocenters. The molecule has 0 heterocycles. The van der Waals surface area contributed by atoms with Crippen LogP contribution in [0.2, 0.25) is 0 Å². The Morgan fingerprint density at radius 2 is 1.67 bits per heavy atom. The largest absolute Gasteiger partial charge is 2.00 e. The van der Waals surface area contributed by atoms with Crippen LogP contribution in [0.15, 0.2) is 30.3 Å². The second-order valence-corrected chi connectivity index (χ2v) is 1.67. The van der Waals surface area contributed by atoms with Crippen LogP contribution in [-0.2, 0) is 0 Å². The second kappa shape index (κ2) is 10.3. The van der Waals surface area contributed by atoms with Gasteiger partial charge in [0, 0.05) is 0 Å². The molecule has 0 amide bonds. The predicted molar refractivity (Wildman–Crippen MR) is 49.7 cm³/mol. The Morgan fingerprint density at radius 1 is 1.25 bits per heavy atom. The van der Waals surface area contributed by atoms with Gasteiger partial charge in [-0.05, 0) is 12.1 Å². The molecule has 2 nitrogen and oxygen atoms in total. The Labute approximate surface area is 134 Å². The van der Waals surface area contributed by atoms with Gasteiger partial charge in [-0.3, -0.25) is 0 Å². The zero-order valence-electron chi connectivity index (χ0n) is 9.86. The molecule has 0 saturated heterocycles. The summed E-state index contributed by atoms with van der Waals surface area (Å²) in [4.78, 5) is 10.2. The quantitative estimate of drug-likeness (QED) is 0.607. The predicted octanol–water partition coefficient (Wildman–Crippen LogP) is -1.23. The van der Waals surface area contributed by atoms with Gasteiger partial charge in [0.05, 0.1) is 5.56 Å².